The predicted molar refractivity (Wildman–Crippen MR) is 51.2 cm³/mol. The summed E-state index contributed by atoms with van der Waals surface area (Å²) in [6.07, 6.45) is 4.99. The molecule has 4 nitrogen and oxygen atoms in total. The van der Waals surface area contributed by atoms with Crippen LogP contribution >= 0.6 is 0 Å². The molecule has 1 unspecified atom stereocenters. The number of hydrogen-bond acceptors (Lipinski definition) is 3. The SMILES string of the molecule is CCC(O)CCNCc1ncc[nH]1. The average Bonchev–Trinajstić information content (AvgIpc) is 2.64. The van der Waals surface area contributed by atoms with Gasteiger partial charge in [0.05, 0.1) is 12.6 Å². The summed E-state index contributed by atoms with van der Waals surface area (Å²) < 4.78 is 0. The van der Waals surface area contributed by atoms with E-state index in [1.165, 1.54) is 0 Å². The number of nitrogens with one attached hydrogen (secondary N) is 2. The Morgan fingerprint density at radius 2 is 2.54 bits per heavy atom. The number of aromatic nitrogens is 2. The second-order valence-corrected chi connectivity index (χ2v) is 3.06. The van der Waals surface area contributed by atoms with Crippen LogP contribution in [0.3, 0.4) is 0 Å². The third-order valence-corrected chi connectivity index (χ3v) is 1.97. The molecule has 0 aliphatic carbocycles. The molecule has 1 rings (SSSR count). The number of hydrogen-bond donors (Lipinski definition) is 3. The van der Waals surface area contributed by atoms with Gasteiger partial charge in [0.15, 0.2) is 0 Å². The first-order valence-electron chi connectivity index (χ1n) is 4.70. The summed E-state index contributed by atoms with van der Waals surface area (Å²) in [5.74, 6) is 0.936. The zero-order chi connectivity index (χ0) is 9.52. The van der Waals surface area contributed by atoms with Gasteiger partial charge in [-0.3, -0.25) is 0 Å². The minimum Gasteiger partial charge on any atom is -0.393 e. The van der Waals surface area contributed by atoms with Crippen LogP contribution in [0.1, 0.15) is 25.6 Å². The van der Waals surface area contributed by atoms with E-state index in [0.717, 1.165) is 31.8 Å². The summed E-state index contributed by atoms with van der Waals surface area (Å²) >= 11 is 0. The lowest BCUT2D eigenvalue weighted by Crippen LogP contribution is -2.20. The number of imidazole rings is 1. The number of aliphatic hydroxyl groups is 1. The highest BCUT2D eigenvalue weighted by Crippen LogP contribution is 1.94. The first-order chi connectivity index (χ1) is 6.33. The zero-order valence-electron chi connectivity index (χ0n) is 7.95. The smallest absolute Gasteiger partial charge is 0.120 e. The topological polar surface area (TPSA) is 60.9 Å². The lowest BCUT2D eigenvalue weighted by molar-refractivity contribution is 0.159. The van der Waals surface area contributed by atoms with Gasteiger partial charge in [-0.25, -0.2) is 4.98 Å². The molecule has 1 aromatic heterocycles. The molecule has 0 aromatic carbocycles. The molecule has 74 valence electrons. The molecule has 1 atom stereocenters. The molecular weight excluding hydrogens is 166 g/mol. The highest BCUT2D eigenvalue weighted by molar-refractivity contribution is 4.85. The van der Waals surface area contributed by atoms with Gasteiger partial charge in [0.25, 0.3) is 0 Å². The van der Waals surface area contributed by atoms with E-state index < -0.39 is 0 Å². The van der Waals surface area contributed by atoms with Crippen molar-refractivity contribution in [1.29, 1.82) is 0 Å². The van der Waals surface area contributed by atoms with E-state index in [4.69, 9.17) is 0 Å². The van der Waals surface area contributed by atoms with Crippen molar-refractivity contribution in [2.45, 2.75) is 32.4 Å². The van der Waals surface area contributed by atoms with Crippen molar-refractivity contribution < 1.29 is 5.11 Å². The molecular formula is C9H17N3O. The van der Waals surface area contributed by atoms with Crippen LogP contribution in [0.2, 0.25) is 0 Å². The Hall–Kier alpha value is -0.870. The first kappa shape index (κ1) is 10.2. The minimum absolute atomic E-state index is 0.177. The van der Waals surface area contributed by atoms with Crippen LogP contribution in [0.5, 0.6) is 0 Å². The van der Waals surface area contributed by atoms with Gasteiger partial charge in [-0.1, -0.05) is 6.92 Å². The van der Waals surface area contributed by atoms with Crippen LogP contribution in [0.4, 0.5) is 0 Å². The summed E-state index contributed by atoms with van der Waals surface area (Å²) in [6.45, 7) is 3.55. The molecule has 3 N–H and O–H groups in total. The lowest BCUT2D eigenvalue weighted by atomic mass is 10.2. The highest BCUT2D eigenvalue weighted by Gasteiger charge is 1.99. The van der Waals surface area contributed by atoms with Crippen LogP contribution in [-0.4, -0.2) is 27.7 Å². The molecule has 0 bridgehead atoms. The van der Waals surface area contributed by atoms with Crippen LogP contribution in [0, 0.1) is 0 Å². The summed E-state index contributed by atoms with van der Waals surface area (Å²) in [5.41, 5.74) is 0. The average molecular weight is 183 g/mol. The minimum atomic E-state index is -0.177. The molecule has 0 saturated heterocycles. The maximum absolute atomic E-state index is 9.25. The Morgan fingerprint density at radius 1 is 1.69 bits per heavy atom. The van der Waals surface area contributed by atoms with Crippen molar-refractivity contribution in [2.75, 3.05) is 6.54 Å². The molecule has 0 aliphatic rings. The molecule has 0 saturated carbocycles. The fourth-order valence-corrected chi connectivity index (χ4v) is 1.07. The van der Waals surface area contributed by atoms with E-state index in [2.05, 4.69) is 15.3 Å². The van der Waals surface area contributed by atoms with Gasteiger partial charge in [0.1, 0.15) is 5.82 Å². The highest BCUT2D eigenvalue weighted by atomic mass is 16.3. The molecule has 0 radical (unpaired) electrons. The molecule has 0 fully saturated rings. The summed E-state index contributed by atoms with van der Waals surface area (Å²) in [7, 11) is 0. The maximum Gasteiger partial charge on any atom is 0.120 e. The molecule has 13 heavy (non-hydrogen) atoms. The first-order valence-corrected chi connectivity index (χ1v) is 4.70. The third-order valence-electron chi connectivity index (χ3n) is 1.97. The monoisotopic (exact) mass is 183 g/mol. The van der Waals surface area contributed by atoms with Gasteiger partial charge >= 0.3 is 0 Å². The van der Waals surface area contributed by atoms with Crippen molar-refractivity contribution in [3.05, 3.63) is 18.2 Å². The molecule has 0 spiro atoms. The van der Waals surface area contributed by atoms with E-state index >= 15 is 0 Å². The number of H-pyrrole nitrogens is 1. The van der Waals surface area contributed by atoms with Crippen molar-refractivity contribution >= 4 is 0 Å². The fraction of sp³-hybridized carbons (Fsp3) is 0.667. The summed E-state index contributed by atoms with van der Waals surface area (Å²) in [5, 5.41) is 12.5. The van der Waals surface area contributed by atoms with Crippen molar-refractivity contribution in [2.24, 2.45) is 0 Å². The number of aliphatic hydroxyl groups excluding tert-OH is 1. The summed E-state index contributed by atoms with van der Waals surface area (Å²) in [6, 6.07) is 0. The Labute approximate surface area is 78.4 Å². The van der Waals surface area contributed by atoms with E-state index in [1.807, 2.05) is 6.92 Å². The quantitative estimate of drug-likeness (QED) is 0.568. The van der Waals surface area contributed by atoms with Crippen LogP contribution in [-0.2, 0) is 6.54 Å². The molecule has 0 amide bonds. The van der Waals surface area contributed by atoms with Crippen LogP contribution < -0.4 is 5.32 Å². The third kappa shape index (κ3) is 4.05. The van der Waals surface area contributed by atoms with Gasteiger partial charge in [-0.15, -0.1) is 0 Å². The van der Waals surface area contributed by atoms with Crippen molar-refractivity contribution in [3.63, 3.8) is 0 Å². The largest absolute Gasteiger partial charge is 0.393 e. The molecule has 0 aliphatic heterocycles. The maximum atomic E-state index is 9.25. The van der Waals surface area contributed by atoms with Gasteiger partial charge < -0.3 is 15.4 Å². The Bertz CT molecular complexity index is 211. The van der Waals surface area contributed by atoms with E-state index in [9.17, 15) is 5.11 Å². The van der Waals surface area contributed by atoms with Gasteiger partial charge in [0, 0.05) is 12.4 Å². The van der Waals surface area contributed by atoms with Gasteiger partial charge in [-0.05, 0) is 19.4 Å². The number of rotatable bonds is 6. The van der Waals surface area contributed by atoms with E-state index in [1.54, 1.807) is 12.4 Å². The second-order valence-electron chi connectivity index (χ2n) is 3.06. The van der Waals surface area contributed by atoms with E-state index in [-0.39, 0.29) is 6.10 Å². The Kier molecular flexibility index (Phi) is 4.49. The van der Waals surface area contributed by atoms with Crippen LogP contribution in [0.15, 0.2) is 12.4 Å². The fourth-order valence-electron chi connectivity index (χ4n) is 1.07. The van der Waals surface area contributed by atoms with Crippen molar-refractivity contribution in [3.8, 4) is 0 Å². The molecule has 1 heterocycles. The normalized spacial score (nSPS) is 13.1. The number of nitrogens with zero attached hydrogens (tertiary/aromatic N) is 1. The van der Waals surface area contributed by atoms with Crippen LogP contribution in [0.25, 0.3) is 0 Å². The Morgan fingerprint density at radius 3 is 3.15 bits per heavy atom. The zero-order valence-corrected chi connectivity index (χ0v) is 7.95. The summed E-state index contributed by atoms with van der Waals surface area (Å²) in [4.78, 5) is 7.08. The van der Waals surface area contributed by atoms with E-state index in [0.29, 0.717) is 0 Å². The lowest BCUT2D eigenvalue weighted by Gasteiger charge is -2.07. The Balaban J connectivity index is 2.02. The van der Waals surface area contributed by atoms with Gasteiger partial charge in [0.2, 0.25) is 0 Å². The molecule has 1 aromatic rings. The second kappa shape index (κ2) is 5.72. The van der Waals surface area contributed by atoms with Crippen molar-refractivity contribution in [1.82, 2.24) is 15.3 Å². The van der Waals surface area contributed by atoms with Gasteiger partial charge in [-0.2, -0.15) is 0 Å². The number of aromatic amines is 1. The molecule has 4 heteroatoms. The predicted octanol–water partition coefficient (Wildman–Crippen LogP) is 0.660. The standard InChI is InChI=1S/C9H17N3O/c1-2-8(13)3-4-10-7-9-11-5-6-12-9/h5-6,8,10,13H,2-4,7H2,1H3,(H,11,12).